The summed E-state index contributed by atoms with van der Waals surface area (Å²) < 4.78 is 15.6. The fraction of sp³-hybridized carbons (Fsp3) is 0.406. The van der Waals surface area contributed by atoms with Crippen LogP contribution in [-0.2, 0) is 46.4 Å². The average molecular weight is 607 g/mol. The standard InChI is InChI=1S/C32H38N4O8/c1-32(2,3)44-28(38)19-35-14-15-36(26(30(35)40)17-27(37)42-4)29(39)25(16-22-18-33-24-13-9-8-12-23(22)24)34-31(41)43-20-21-10-6-5-7-11-21/h5-13,18,25-26,33H,14-17,19-20H2,1-4H3,(H,34,41)/t25-,26-/m0/s1. The predicted octanol–water partition coefficient (Wildman–Crippen LogP) is 2.95. The van der Waals surface area contributed by atoms with Gasteiger partial charge in [-0.1, -0.05) is 48.5 Å². The molecule has 234 valence electrons. The molecule has 1 aliphatic rings. The molecule has 2 atom stereocenters. The fourth-order valence-electron chi connectivity index (χ4n) is 5.06. The van der Waals surface area contributed by atoms with Crippen LogP contribution >= 0.6 is 0 Å². The van der Waals surface area contributed by atoms with Crippen molar-refractivity contribution in [2.24, 2.45) is 0 Å². The second kappa shape index (κ2) is 14.1. The van der Waals surface area contributed by atoms with Crippen molar-refractivity contribution >= 4 is 40.7 Å². The summed E-state index contributed by atoms with van der Waals surface area (Å²) in [6.07, 6.45) is 0.606. The second-order valence-corrected chi connectivity index (χ2v) is 11.5. The van der Waals surface area contributed by atoms with Crippen molar-refractivity contribution in [3.05, 3.63) is 71.9 Å². The van der Waals surface area contributed by atoms with Crippen molar-refractivity contribution in [2.75, 3.05) is 26.7 Å². The topological polar surface area (TPSA) is 147 Å². The maximum absolute atomic E-state index is 14.1. The van der Waals surface area contributed by atoms with Crippen molar-refractivity contribution in [1.29, 1.82) is 0 Å². The number of hydrogen-bond acceptors (Lipinski definition) is 8. The molecule has 12 heteroatoms. The molecule has 4 rings (SSSR count). The number of methoxy groups -OCH3 is 1. The molecule has 3 aromatic rings. The van der Waals surface area contributed by atoms with Crippen LogP contribution in [0.3, 0.4) is 0 Å². The van der Waals surface area contributed by atoms with E-state index >= 15 is 0 Å². The third-order valence-electron chi connectivity index (χ3n) is 7.10. The number of ether oxygens (including phenoxy) is 3. The van der Waals surface area contributed by atoms with E-state index in [0.717, 1.165) is 22.0 Å². The van der Waals surface area contributed by atoms with E-state index < -0.39 is 54.0 Å². The number of hydrogen-bond donors (Lipinski definition) is 2. The third kappa shape index (κ3) is 8.36. The molecule has 0 unspecified atom stereocenters. The van der Waals surface area contributed by atoms with Gasteiger partial charge in [0.25, 0.3) is 0 Å². The fourth-order valence-corrected chi connectivity index (χ4v) is 5.06. The number of aromatic amines is 1. The Morgan fingerprint density at radius 3 is 2.41 bits per heavy atom. The molecule has 2 aromatic carbocycles. The number of nitrogens with one attached hydrogen (secondary N) is 2. The van der Waals surface area contributed by atoms with Gasteiger partial charge in [0.15, 0.2) is 0 Å². The molecule has 1 saturated heterocycles. The lowest BCUT2D eigenvalue weighted by Gasteiger charge is -2.41. The van der Waals surface area contributed by atoms with Crippen LogP contribution in [0.15, 0.2) is 60.8 Å². The van der Waals surface area contributed by atoms with Gasteiger partial charge in [-0.3, -0.25) is 19.2 Å². The number of esters is 2. The molecule has 1 aliphatic heterocycles. The average Bonchev–Trinajstić information content (AvgIpc) is 3.39. The van der Waals surface area contributed by atoms with Gasteiger partial charge in [-0.15, -0.1) is 0 Å². The van der Waals surface area contributed by atoms with Gasteiger partial charge in [-0.25, -0.2) is 4.79 Å². The molecule has 0 aliphatic carbocycles. The van der Waals surface area contributed by atoms with Gasteiger partial charge in [0, 0.05) is 36.6 Å². The molecule has 0 radical (unpaired) electrons. The number of rotatable bonds is 10. The first-order valence-electron chi connectivity index (χ1n) is 14.4. The number of H-pyrrole nitrogens is 1. The van der Waals surface area contributed by atoms with Gasteiger partial charge in [0.1, 0.15) is 30.8 Å². The Hall–Kier alpha value is -4.87. The van der Waals surface area contributed by atoms with E-state index in [9.17, 15) is 24.0 Å². The van der Waals surface area contributed by atoms with Crippen LogP contribution in [0.1, 0.15) is 38.3 Å². The third-order valence-corrected chi connectivity index (χ3v) is 7.10. The van der Waals surface area contributed by atoms with Crippen LogP contribution in [-0.4, -0.2) is 89.1 Å². The number of aromatic nitrogens is 1. The van der Waals surface area contributed by atoms with Crippen molar-refractivity contribution in [1.82, 2.24) is 20.1 Å². The lowest BCUT2D eigenvalue weighted by Crippen LogP contribution is -2.63. The zero-order valence-electron chi connectivity index (χ0n) is 25.3. The summed E-state index contributed by atoms with van der Waals surface area (Å²) in [5.74, 6) is -2.49. The maximum Gasteiger partial charge on any atom is 0.408 e. The van der Waals surface area contributed by atoms with Crippen LogP contribution < -0.4 is 5.32 Å². The number of carbonyl (C=O) groups excluding carboxylic acids is 5. The first-order valence-corrected chi connectivity index (χ1v) is 14.4. The molecular formula is C32H38N4O8. The molecule has 0 spiro atoms. The van der Waals surface area contributed by atoms with Crippen LogP contribution in [0.25, 0.3) is 10.9 Å². The number of benzene rings is 2. The zero-order valence-corrected chi connectivity index (χ0v) is 25.3. The predicted molar refractivity (Wildman–Crippen MR) is 160 cm³/mol. The number of piperazine rings is 1. The van der Waals surface area contributed by atoms with Crippen molar-refractivity contribution in [2.45, 2.75) is 57.9 Å². The number of carbonyl (C=O) groups is 5. The summed E-state index contributed by atoms with van der Waals surface area (Å²) in [5.41, 5.74) is 1.64. The van der Waals surface area contributed by atoms with E-state index in [1.165, 1.54) is 16.9 Å². The molecule has 0 bridgehead atoms. The Bertz CT molecular complexity index is 1500. The highest BCUT2D eigenvalue weighted by Gasteiger charge is 2.42. The summed E-state index contributed by atoms with van der Waals surface area (Å²) in [7, 11) is 1.18. The van der Waals surface area contributed by atoms with E-state index in [1.807, 2.05) is 54.6 Å². The minimum atomic E-state index is -1.25. The molecule has 0 saturated carbocycles. The molecule has 2 N–H and O–H groups in total. The smallest absolute Gasteiger partial charge is 0.408 e. The SMILES string of the molecule is COC(=O)C[C@H]1C(=O)N(CC(=O)OC(C)(C)C)CCN1C(=O)[C@H](Cc1c[nH]c2ccccc12)NC(=O)OCc1ccccc1. The summed E-state index contributed by atoms with van der Waals surface area (Å²) >= 11 is 0. The van der Waals surface area contributed by atoms with E-state index in [0.29, 0.717) is 0 Å². The number of nitrogens with zero attached hydrogens (tertiary/aromatic N) is 2. The second-order valence-electron chi connectivity index (χ2n) is 11.5. The zero-order chi connectivity index (χ0) is 31.9. The van der Waals surface area contributed by atoms with Gasteiger partial charge in [0.05, 0.1) is 13.5 Å². The maximum atomic E-state index is 14.1. The minimum absolute atomic E-state index is 0.00649. The largest absolute Gasteiger partial charge is 0.469 e. The summed E-state index contributed by atoms with van der Waals surface area (Å²) in [5, 5.41) is 3.55. The first-order chi connectivity index (χ1) is 20.9. The van der Waals surface area contributed by atoms with Gasteiger partial charge >= 0.3 is 18.0 Å². The highest BCUT2D eigenvalue weighted by Crippen LogP contribution is 2.22. The number of para-hydroxylation sites is 1. The van der Waals surface area contributed by atoms with E-state index in [2.05, 4.69) is 10.3 Å². The Morgan fingerprint density at radius 1 is 1.00 bits per heavy atom. The number of alkyl carbamates (subject to hydrolysis) is 1. The summed E-state index contributed by atoms with van der Waals surface area (Å²) in [6, 6.07) is 14.3. The van der Waals surface area contributed by atoms with Crippen molar-refractivity contribution < 1.29 is 38.2 Å². The van der Waals surface area contributed by atoms with Crippen LogP contribution in [0.4, 0.5) is 4.79 Å². The normalized spacial score (nSPS) is 15.9. The van der Waals surface area contributed by atoms with E-state index in [1.54, 1.807) is 27.0 Å². The molecule has 2 heterocycles. The van der Waals surface area contributed by atoms with Gasteiger partial charge in [-0.05, 0) is 38.0 Å². The number of fused-ring (bicyclic) bond motifs is 1. The highest BCUT2D eigenvalue weighted by molar-refractivity contribution is 5.96. The molecular weight excluding hydrogens is 568 g/mol. The van der Waals surface area contributed by atoms with Crippen LogP contribution in [0.5, 0.6) is 0 Å². The van der Waals surface area contributed by atoms with E-state index in [-0.39, 0.29) is 32.7 Å². The van der Waals surface area contributed by atoms with Gasteiger partial charge in [-0.2, -0.15) is 0 Å². The van der Waals surface area contributed by atoms with Crippen LogP contribution in [0.2, 0.25) is 0 Å². The first kappa shape index (κ1) is 32.1. The van der Waals surface area contributed by atoms with Crippen molar-refractivity contribution in [3.8, 4) is 0 Å². The Kier molecular flexibility index (Phi) is 10.2. The van der Waals surface area contributed by atoms with Crippen molar-refractivity contribution in [3.63, 3.8) is 0 Å². The molecule has 12 nitrogen and oxygen atoms in total. The van der Waals surface area contributed by atoms with E-state index in [4.69, 9.17) is 14.2 Å². The monoisotopic (exact) mass is 606 g/mol. The summed E-state index contributed by atoms with van der Waals surface area (Å²) in [6.45, 7) is 4.85. The highest BCUT2D eigenvalue weighted by atomic mass is 16.6. The molecule has 3 amide bonds. The lowest BCUT2D eigenvalue weighted by molar-refractivity contribution is -0.164. The molecule has 44 heavy (non-hydrogen) atoms. The minimum Gasteiger partial charge on any atom is -0.469 e. The number of amides is 3. The lowest BCUT2D eigenvalue weighted by atomic mass is 10.0. The van der Waals surface area contributed by atoms with Gasteiger partial charge in [0.2, 0.25) is 11.8 Å². The van der Waals surface area contributed by atoms with Crippen LogP contribution in [0, 0.1) is 0 Å². The molecule has 1 aromatic heterocycles. The quantitative estimate of drug-likeness (QED) is 0.265. The Labute approximate surface area is 255 Å². The summed E-state index contributed by atoms with van der Waals surface area (Å²) in [4.78, 5) is 71.2. The molecule has 1 fully saturated rings. The Morgan fingerprint density at radius 2 is 1.70 bits per heavy atom. The van der Waals surface area contributed by atoms with Gasteiger partial charge < -0.3 is 34.3 Å². The Balaban J connectivity index is 1.57.